The summed E-state index contributed by atoms with van der Waals surface area (Å²) in [5.74, 6) is 0.0306. The highest BCUT2D eigenvalue weighted by Gasteiger charge is 2.18. The minimum atomic E-state index is -0.128. The number of carbonyl (C=O) groups excluding carboxylic acids is 1. The van der Waals surface area contributed by atoms with Gasteiger partial charge in [-0.2, -0.15) is 0 Å². The molecule has 1 rings (SSSR count). The highest BCUT2D eigenvalue weighted by Crippen LogP contribution is 2.20. The Kier molecular flexibility index (Phi) is 5.08. The van der Waals surface area contributed by atoms with Crippen molar-refractivity contribution in [2.45, 2.75) is 33.2 Å². The number of amides is 1. The van der Waals surface area contributed by atoms with Crippen LogP contribution in [-0.2, 0) is 11.3 Å². The standard InChI is InChI=1S/C11H21N5O2/c1-11(2,4-3-5-17)7-13-9(18)6-16-8-14-10(12)15-16/h8,17H,3-7H2,1-2H3,(H2,12,15)(H,13,18). The Balaban J connectivity index is 2.32. The molecule has 0 radical (unpaired) electrons. The van der Waals surface area contributed by atoms with E-state index in [1.54, 1.807) is 0 Å². The van der Waals surface area contributed by atoms with Crippen LogP contribution in [0.1, 0.15) is 26.7 Å². The summed E-state index contributed by atoms with van der Waals surface area (Å²) in [4.78, 5) is 15.4. The number of nitrogens with zero attached hydrogens (tertiary/aromatic N) is 3. The van der Waals surface area contributed by atoms with E-state index in [1.165, 1.54) is 11.0 Å². The Bertz CT molecular complexity index is 389. The average molecular weight is 255 g/mol. The fourth-order valence-electron chi connectivity index (χ4n) is 1.57. The molecule has 4 N–H and O–H groups in total. The molecule has 0 unspecified atom stereocenters. The van der Waals surface area contributed by atoms with Crippen molar-refractivity contribution in [1.29, 1.82) is 0 Å². The van der Waals surface area contributed by atoms with Gasteiger partial charge in [-0.15, -0.1) is 5.10 Å². The molecule has 0 fully saturated rings. The number of nitrogens with one attached hydrogen (secondary N) is 1. The summed E-state index contributed by atoms with van der Waals surface area (Å²) < 4.78 is 1.39. The maximum Gasteiger partial charge on any atom is 0.241 e. The van der Waals surface area contributed by atoms with Crippen molar-refractivity contribution >= 4 is 11.9 Å². The topological polar surface area (TPSA) is 106 Å². The highest BCUT2D eigenvalue weighted by molar-refractivity contribution is 5.75. The molecule has 0 aliphatic heterocycles. The monoisotopic (exact) mass is 255 g/mol. The number of hydrogen-bond donors (Lipinski definition) is 3. The fourth-order valence-corrected chi connectivity index (χ4v) is 1.57. The lowest BCUT2D eigenvalue weighted by atomic mass is 9.88. The molecule has 0 aliphatic rings. The molecule has 0 atom stereocenters. The van der Waals surface area contributed by atoms with Gasteiger partial charge in [0.2, 0.25) is 11.9 Å². The summed E-state index contributed by atoms with van der Waals surface area (Å²) in [6.07, 6.45) is 3.02. The predicted molar refractivity (Wildman–Crippen MR) is 67.5 cm³/mol. The van der Waals surface area contributed by atoms with Crippen molar-refractivity contribution in [3.05, 3.63) is 6.33 Å². The van der Waals surface area contributed by atoms with E-state index >= 15 is 0 Å². The van der Waals surface area contributed by atoms with E-state index in [2.05, 4.69) is 29.2 Å². The SMILES string of the molecule is CC(C)(CCCO)CNC(=O)Cn1cnc(N)n1. The van der Waals surface area contributed by atoms with Crippen LogP contribution < -0.4 is 11.1 Å². The van der Waals surface area contributed by atoms with Gasteiger partial charge in [-0.25, -0.2) is 9.67 Å². The van der Waals surface area contributed by atoms with Crippen LogP contribution in [-0.4, -0.2) is 38.9 Å². The zero-order valence-corrected chi connectivity index (χ0v) is 10.9. The van der Waals surface area contributed by atoms with E-state index in [9.17, 15) is 4.79 Å². The third-order valence-electron chi connectivity index (χ3n) is 2.64. The Morgan fingerprint density at radius 3 is 2.89 bits per heavy atom. The van der Waals surface area contributed by atoms with Crippen LogP contribution in [0.2, 0.25) is 0 Å². The maximum absolute atomic E-state index is 11.7. The Labute approximate surface area is 106 Å². The normalized spacial score (nSPS) is 11.5. The fraction of sp³-hybridized carbons (Fsp3) is 0.727. The molecular formula is C11H21N5O2. The number of nitrogen functional groups attached to an aromatic ring is 1. The molecule has 1 heterocycles. The third kappa shape index (κ3) is 5.13. The zero-order chi connectivity index (χ0) is 13.6. The predicted octanol–water partition coefficient (Wildman–Crippen LogP) is -0.225. The van der Waals surface area contributed by atoms with Gasteiger partial charge in [-0.3, -0.25) is 4.79 Å². The number of aromatic nitrogens is 3. The maximum atomic E-state index is 11.7. The van der Waals surface area contributed by atoms with Crippen molar-refractivity contribution in [3.8, 4) is 0 Å². The van der Waals surface area contributed by atoms with Crippen molar-refractivity contribution in [2.75, 3.05) is 18.9 Å². The lowest BCUT2D eigenvalue weighted by Crippen LogP contribution is -2.36. The van der Waals surface area contributed by atoms with Crippen LogP contribution in [0, 0.1) is 5.41 Å². The Morgan fingerprint density at radius 2 is 2.33 bits per heavy atom. The summed E-state index contributed by atoms with van der Waals surface area (Å²) in [5.41, 5.74) is 5.33. The number of anilines is 1. The number of rotatable bonds is 7. The first-order valence-corrected chi connectivity index (χ1v) is 5.95. The van der Waals surface area contributed by atoms with Gasteiger partial charge in [0.15, 0.2) is 0 Å². The second-order valence-corrected chi connectivity index (χ2v) is 5.07. The third-order valence-corrected chi connectivity index (χ3v) is 2.64. The second-order valence-electron chi connectivity index (χ2n) is 5.07. The summed E-state index contributed by atoms with van der Waals surface area (Å²) in [5, 5.41) is 15.5. The molecule has 0 aliphatic carbocycles. The molecule has 7 heteroatoms. The number of hydrogen-bond acceptors (Lipinski definition) is 5. The highest BCUT2D eigenvalue weighted by atomic mass is 16.2. The van der Waals surface area contributed by atoms with Gasteiger partial charge >= 0.3 is 0 Å². The van der Waals surface area contributed by atoms with Crippen LogP contribution in [0.4, 0.5) is 5.95 Å². The van der Waals surface area contributed by atoms with E-state index in [1.807, 2.05) is 0 Å². The minimum absolute atomic E-state index is 0.0280. The summed E-state index contributed by atoms with van der Waals surface area (Å²) in [6, 6.07) is 0. The van der Waals surface area contributed by atoms with Gasteiger partial charge in [0.1, 0.15) is 12.9 Å². The molecule has 0 saturated heterocycles. The van der Waals surface area contributed by atoms with Crippen molar-refractivity contribution in [1.82, 2.24) is 20.1 Å². The molecule has 102 valence electrons. The summed E-state index contributed by atoms with van der Waals surface area (Å²) in [7, 11) is 0. The largest absolute Gasteiger partial charge is 0.396 e. The van der Waals surface area contributed by atoms with E-state index in [4.69, 9.17) is 10.8 Å². The number of carbonyl (C=O) groups is 1. The van der Waals surface area contributed by atoms with Crippen LogP contribution in [0.5, 0.6) is 0 Å². The molecule has 1 aromatic rings. The van der Waals surface area contributed by atoms with Crippen LogP contribution >= 0.6 is 0 Å². The van der Waals surface area contributed by atoms with Gasteiger partial charge in [0.05, 0.1) is 0 Å². The lowest BCUT2D eigenvalue weighted by molar-refractivity contribution is -0.122. The van der Waals surface area contributed by atoms with Gasteiger partial charge < -0.3 is 16.2 Å². The van der Waals surface area contributed by atoms with Gasteiger partial charge in [-0.1, -0.05) is 13.8 Å². The zero-order valence-electron chi connectivity index (χ0n) is 10.9. The molecule has 7 nitrogen and oxygen atoms in total. The quantitative estimate of drug-likeness (QED) is 0.624. The van der Waals surface area contributed by atoms with Crippen LogP contribution in [0.25, 0.3) is 0 Å². The summed E-state index contributed by atoms with van der Waals surface area (Å²) in [6.45, 7) is 4.96. The molecular weight excluding hydrogens is 234 g/mol. The molecule has 0 saturated carbocycles. The van der Waals surface area contributed by atoms with Gasteiger partial charge in [0.25, 0.3) is 0 Å². The summed E-state index contributed by atoms with van der Waals surface area (Å²) >= 11 is 0. The van der Waals surface area contributed by atoms with E-state index in [0.29, 0.717) is 6.54 Å². The molecule has 1 amide bonds. The first kappa shape index (κ1) is 14.4. The molecule has 0 bridgehead atoms. The van der Waals surface area contributed by atoms with Crippen molar-refractivity contribution in [3.63, 3.8) is 0 Å². The minimum Gasteiger partial charge on any atom is -0.396 e. The number of aliphatic hydroxyl groups excluding tert-OH is 1. The lowest BCUT2D eigenvalue weighted by Gasteiger charge is -2.24. The first-order chi connectivity index (χ1) is 8.43. The Morgan fingerprint density at radius 1 is 1.61 bits per heavy atom. The van der Waals surface area contributed by atoms with Crippen molar-refractivity contribution < 1.29 is 9.90 Å². The van der Waals surface area contributed by atoms with Gasteiger partial charge in [-0.05, 0) is 18.3 Å². The molecule has 1 aromatic heterocycles. The smallest absolute Gasteiger partial charge is 0.241 e. The molecule has 0 aromatic carbocycles. The number of nitrogens with two attached hydrogens (primary N) is 1. The van der Waals surface area contributed by atoms with Crippen LogP contribution in [0.3, 0.4) is 0 Å². The average Bonchev–Trinajstić information content (AvgIpc) is 2.70. The van der Waals surface area contributed by atoms with Crippen molar-refractivity contribution in [2.24, 2.45) is 5.41 Å². The second kappa shape index (κ2) is 6.34. The van der Waals surface area contributed by atoms with Crippen LogP contribution in [0.15, 0.2) is 6.33 Å². The number of aliphatic hydroxyl groups is 1. The Hall–Kier alpha value is -1.63. The van der Waals surface area contributed by atoms with E-state index in [-0.39, 0.29) is 30.4 Å². The first-order valence-electron chi connectivity index (χ1n) is 5.95. The van der Waals surface area contributed by atoms with Gasteiger partial charge in [0, 0.05) is 13.2 Å². The molecule has 18 heavy (non-hydrogen) atoms. The van der Waals surface area contributed by atoms with E-state index < -0.39 is 0 Å². The molecule has 0 spiro atoms. The van der Waals surface area contributed by atoms with E-state index in [0.717, 1.165) is 12.8 Å².